The first-order chi connectivity index (χ1) is 9.71. The molecule has 0 bridgehead atoms. The van der Waals surface area contributed by atoms with E-state index < -0.39 is 0 Å². The zero-order valence-corrected chi connectivity index (χ0v) is 12.7. The molecule has 0 spiro atoms. The lowest BCUT2D eigenvalue weighted by Gasteiger charge is -2.27. The fourth-order valence-corrected chi connectivity index (χ4v) is 3.13. The van der Waals surface area contributed by atoms with Crippen LogP contribution in [0.5, 0.6) is 5.75 Å². The molecule has 3 heteroatoms. The zero-order valence-electron chi connectivity index (χ0n) is 12.7. The second-order valence-corrected chi connectivity index (χ2v) is 5.85. The first kappa shape index (κ1) is 15.3. The molecule has 0 aliphatic heterocycles. The van der Waals surface area contributed by atoms with Crippen molar-refractivity contribution in [3.05, 3.63) is 29.8 Å². The van der Waals surface area contributed by atoms with E-state index in [2.05, 4.69) is 43.4 Å². The van der Waals surface area contributed by atoms with E-state index in [4.69, 9.17) is 4.74 Å². The third kappa shape index (κ3) is 3.74. The highest BCUT2D eigenvalue weighted by Crippen LogP contribution is 2.32. The van der Waals surface area contributed by atoms with Gasteiger partial charge in [0.05, 0.1) is 6.61 Å². The van der Waals surface area contributed by atoms with E-state index in [1.165, 1.54) is 12.0 Å². The van der Waals surface area contributed by atoms with Crippen molar-refractivity contribution in [2.75, 3.05) is 13.2 Å². The molecule has 2 N–H and O–H groups in total. The van der Waals surface area contributed by atoms with Gasteiger partial charge in [0.1, 0.15) is 11.9 Å². The van der Waals surface area contributed by atoms with Gasteiger partial charge in [0.2, 0.25) is 0 Å². The molecule has 0 radical (unpaired) electrons. The van der Waals surface area contributed by atoms with Crippen LogP contribution in [-0.4, -0.2) is 29.9 Å². The smallest absolute Gasteiger partial charge is 0.119 e. The maximum absolute atomic E-state index is 9.61. The number of hydrogen-bond donors (Lipinski definition) is 2. The van der Waals surface area contributed by atoms with E-state index >= 15 is 0 Å². The van der Waals surface area contributed by atoms with E-state index in [1.54, 1.807) is 0 Å². The van der Waals surface area contributed by atoms with Crippen LogP contribution in [0.25, 0.3) is 0 Å². The van der Waals surface area contributed by atoms with Crippen LogP contribution in [-0.2, 0) is 6.42 Å². The van der Waals surface area contributed by atoms with Gasteiger partial charge in [-0.1, -0.05) is 32.4 Å². The van der Waals surface area contributed by atoms with E-state index in [9.17, 15) is 5.11 Å². The Hall–Kier alpha value is -1.06. The molecular weight excluding hydrogens is 250 g/mol. The Labute approximate surface area is 122 Å². The number of benzene rings is 1. The molecule has 0 amide bonds. The van der Waals surface area contributed by atoms with Gasteiger partial charge >= 0.3 is 0 Å². The summed E-state index contributed by atoms with van der Waals surface area (Å²) in [5, 5.41) is 13.0. The van der Waals surface area contributed by atoms with E-state index in [0.29, 0.717) is 0 Å². The molecule has 3 nitrogen and oxygen atoms in total. The van der Waals surface area contributed by atoms with Crippen molar-refractivity contribution in [3.63, 3.8) is 0 Å². The van der Waals surface area contributed by atoms with Crippen LogP contribution in [0, 0.1) is 0 Å². The minimum absolute atomic E-state index is 0.137. The fourth-order valence-electron chi connectivity index (χ4n) is 3.13. The van der Waals surface area contributed by atoms with Crippen molar-refractivity contribution >= 4 is 0 Å². The molecule has 0 saturated heterocycles. The summed E-state index contributed by atoms with van der Waals surface area (Å²) < 4.78 is 6.06. The first-order valence-electron chi connectivity index (χ1n) is 7.83. The molecule has 1 saturated carbocycles. The Morgan fingerprint density at radius 1 is 1.30 bits per heavy atom. The first-order valence-corrected chi connectivity index (χ1v) is 7.83. The summed E-state index contributed by atoms with van der Waals surface area (Å²) >= 11 is 0. The predicted octanol–water partition coefficient (Wildman–Crippen LogP) is 2.91. The summed E-state index contributed by atoms with van der Waals surface area (Å²) in [5.41, 5.74) is 1.23. The van der Waals surface area contributed by atoms with E-state index in [1.807, 2.05) is 0 Å². The number of hydrogen-bond acceptors (Lipinski definition) is 3. The van der Waals surface area contributed by atoms with Crippen molar-refractivity contribution in [1.29, 1.82) is 0 Å². The standard InChI is InChI=1S/C17H27NO2/c1-3-5-14-6-8-15(9-7-14)20-16-10-11-17(12-16,13-19)18-4-2/h6-9,16,18-19H,3-5,10-13H2,1-2H3. The molecule has 1 aromatic rings. The van der Waals surface area contributed by atoms with E-state index in [0.717, 1.165) is 38.0 Å². The highest BCUT2D eigenvalue weighted by atomic mass is 16.5. The zero-order chi connectivity index (χ0) is 14.4. The summed E-state index contributed by atoms with van der Waals surface area (Å²) in [6, 6.07) is 8.43. The second-order valence-electron chi connectivity index (χ2n) is 5.85. The van der Waals surface area contributed by atoms with Gasteiger partial charge in [-0.25, -0.2) is 0 Å². The topological polar surface area (TPSA) is 41.5 Å². The van der Waals surface area contributed by atoms with Crippen LogP contribution >= 0.6 is 0 Å². The molecule has 0 heterocycles. The fraction of sp³-hybridized carbons (Fsp3) is 0.647. The molecule has 112 valence electrons. The lowest BCUT2D eigenvalue weighted by atomic mass is 9.99. The maximum Gasteiger partial charge on any atom is 0.119 e. The Balaban J connectivity index is 1.91. The summed E-state index contributed by atoms with van der Waals surface area (Å²) in [6.07, 6.45) is 5.37. The number of aliphatic hydroxyl groups excluding tert-OH is 1. The molecule has 1 aliphatic rings. The molecule has 2 rings (SSSR count). The Morgan fingerprint density at radius 2 is 2.05 bits per heavy atom. The van der Waals surface area contributed by atoms with Gasteiger partial charge in [-0.3, -0.25) is 0 Å². The highest BCUT2D eigenvalue weighted by Gasteiger charge is 2.39. The lowest BCUT2D eigenvalue weighted by Crippen LogP contribution is -2.46. The van der Waals surface area contributed by atoms with Crippen LogP contribution in [0.3, 0.4) is 0 Å². The van der Waals surface area contributed by atoms with Crippen LogP contribution in [0.4, 0.5) is 0 Å². The molecule has 1 aromatic carbocycles. The van der Waals surface area contributed by atoms with Gasteiger partial charge in [-0.15, -0.1) is 0 Å². The largest absolute Gasteiger partial charge is 0.490 e. The van der Waals surface area contributed by atoms with Crippen molar-refractivity contribution in [2.24, 2.45) is 0 Å². The van der Waals surface area contributed by atoms with Crippen molar-refractivity contribution in [3.8, 4) is 5.75 Å². The average Bonchev–Trinajstić information content (AvgIpc) is 2.85. The van der Waals surface area contributed by atoms with Gasteiger partial charge in [-0.05, 0) is 43.5 Å². The molecule has 1 fully saturated rings. The van der Waals surface area contributed by atoms with Gasteiger partial charge in [0.15, 0.2) is 0 Å². The maximum atomic E-state index is 9.61. The number of aliphatic hydroxyl groups is 1. The third-order valence-corrected chi connectivity index (χ3v) is 4.18. The summed E-state index contributed by atoms with van der Waals surface area (Å²) in [7, 11) is 0. The van der Waals surface area contributed by atoms with Gasteiger partial charge < -0.3 is 15.2 Å². The molecule has 20 heavy (non-hydrogen) atoms. The second kappa shape index (κ2) is 7.09. The number of likely N-dealkylation sites (N-methyl/N-ethyl adjacent to an activating group) is 1. The van der Waals surface area contributed by atoms with Crippen LogP contribution < -0.4 is 10.1 Å². The van der Waals surface area contributed by atoms with Gasteiger partial charge in [-0.2, -0.15) is 0 Å². The summed E-state index contributed by atoms with van der Waals surface area (Å²) in [4.78, 5) is 0. The number of rotatable bonds is 7. The SMILES string of the molecule is CCCc1ccc(OC2CCC(CO)(NCC)C2)cc1. The lowest BCUT2D eigenvalue weighted by molar-refractivity contribution is 0.142. The van der Waals surface area contributed by atoms with Crippen molar-refractivity contribution < 1.29 is 9.84 Å². The van der Waals surface area contributed by atoms with Crippen LogP contribution in [0.1, 0.15) is 45.1 Å². The Kier molecular flexibility index (Phi) is 5.44. The number of nitrogens with one attached hydrogen (secondary N) is 1. The van der Waals surface area contributed by atoms with Crippen LogP contribution in [0.15, 0.2) is 24.3 Å². The minimum Gasteiger partial charge on any atom is -0.490 e. The molecular formula is C17H27NO2. The molecule has 0 aromatic heterocycles. The monoisotopic (exact) mass is 277 g/mol. The Morgan fingerprint density at radius 3 is 2.65 bits per heavy atom. The van der Waals surface area contributed by atoms with E-state index in [-0.39, 0.29) is 18.2 Å². The van der Waals surface area contributed by atoms with Crippen molar-refractivity contribution in [2.45, 2.75) is 57.6 Å². The average molecular weight is 277 g/mol. The third-order valence-electron chi connectivity index (χ3n) is 4.18. The quantitative estimate of drug-likeness (QED) is 0.805. The van der Waals surface area contributed by atoms with Gasteiger partial charge in [0.25, 0.3) is 0 Å². The number of ether oxygens (including phenoxy) is 1. The summed E-state index contributed by atoms with van der Waals surface area (Å²) in [5.74, 6) is 0.945. The normalized spacial score (nSPS) is 25.9. The van der Waals surface area contributed by atoms with Gasteiger partial charge in [0, 0.05) is 12.0 Å². The van der Waals surface area contributed by atoms with Crippen LogP contribution in [0.2, 0.25) is 0 Å². The highest BCUT2D eigenvalue weighted by molar-refractivity contribution is 5.27. The summed E-state index contributed by atoms with van der Waals surface area (Å²) in [6.45, 7) is 5.35. The molecule has 2 unspecified atom stereocenters. The molecule has 1 aliphatic carbocycles. The number of aryl methyl sites for hydroxylation is 1. The predicted molar refractivity (Wildman–Crippen MR) is 82.2 cm³/mol. The minimum atomic E-state index is -0.137. The molecule has 2 atom stereocenters. The van der Waals surface area contributed by atoms with Crippen molar-refractivity contribution in [1.82, 2.24) is 5.32 Å². The Bertz CT molecular complexity index is 404.